The summed E-state index contributed by atoms with van der Waals surface area (Å²) in [4.78, 5) is 127. The first-order chi connectivity index (χ1) is 40.7. The van der Waals surface area contributed by atoms with Crippen molar-refractivity contribution >= 4 is 70.7 Å². The van der Waals surface area contributed by atoms with Gasteiger partial charge in [-0.2, -0.15) is 0 Å². The lowest BCUT2D eigenvalue weighted by molar-refractivity contribution is -0.137. The van der Waals surface area contributed by atoms with Crippen molar-refractivity contribution in [3.8, 4) is 17.2 Å². The number of fused-ring (bicyclic) bond motifs is 4. The number of nitrogens with zero attached hydrogens (tertiary/aromatic N) is 5. The minimum Gasteiger partial charge on any atom is -0.493 e. The third-order valence-corrected chi connectivity index (χ3v) is 15.5. The molecule has 0 fully saturated rings. The fourth-order valence-electron chi connectivity index (χ4n) is 10.6. The van der Waals surface area contributed by atoms with Gasteiger partial charge in [0, 0.05) is 87.6 Å². The average molecular weight is 1170 g/mol. The first-order valence-corrected chi connectivity index (χ1v) is 28.8. The molecule has 1 unspecified atom stereocenters. The van der Waals surface area contributed by atoms with E-state index in [0.717, 1.165) is 45.9 Å². The van der Waals surface area contributed by atoms with Crippen molar-refractivity contribution < 1.29 is 71.9 Å². The van der Waals surface area contributed by atoms with Crippen LogP contribution in [0.15, 0.2) is 89.2 Å². The second-order valence-corrected chi connectivity index (χ2v) is 22.4. The maximum absolute atomic E-state index is 14.2. The molecule has 452 valence electrons. The topological polar surface area (TPSA) is 269 Å². The molecule has 0 saturated carbocycles. The lowest BCUT2D eigenvalue weighted by atomic mass is 9.88. The SMILES string of the molecule is COc1cc2c(cc1OCCCCCOc1cc3c(cc1C)C(=O)N1C=C(C)C[C@H]1C(O)N3C(=O)OCc1ccc(CC(=O)[C@H](C)NC(=O)[C@@H](CC(=O)CCOCCNC(=O)CCN3C(=O)C=CC3=O)C(C)C)cc1)N=C[C@@H]1CC(C)=CN1C2=O. The lowest BCUT2D eigenvalue weighted by Crippen LogP contribution is -2.50. The number of aliphatic imine (C=N–C) groups is 1. The number of amides is 7. The van der Waals surface area contributed by atoms with E-state index < -0.39 is 48.0 Å². The lowest BCUT2D eigenvalue weighted by Gasteiger charge is -2.31. The van der Waals surface area contributed by atoms with Gasteiger partial charge in [-0.1, -0.05) is 49.3 Å². The summed E-state index contributed by atoms with van der Waals surface area (Å²) >= 11 is 0. The maximum Gasteiger partial charge on any atom is 0.416 e. The first-order valence-electron chi connectivity index (χ1n) is 28.8. The normalized spacial score (nSPS) is 18.4. The van der Waals surface area contributed by atoms with E-state index >= 15 is 0 Å². The summed E-state index contributed by atoms with van der Waals surface area (Å²) in [5.74, 6) is -2.25. The van der Waals surface area contributed by atoms with Gasteiger partial charge in [-0.25, -0.2) is 9.69 Å². The molecule has 5 aliphatic heterocycles. The van der Waals surface area contributed by atoms with Crippen LogP contribution in [0.1, 0.15) is 123 Å². The van der Waals surface area contributed by atoms with E-state index in [9.17, 15) is 48.3 Å². The van der Waals surface area contributed by atoms with E-state index in [1.165, 1.54) is 12.0 Å². The van der Waals surface area contributed by atoms with E-state index in [0.29, 0.717) is 77.7 Å². The van der Waals surface area contributed by atoms with Crippen LogP contribution in [0, 0.1) is 18.8 Å². The molecule has 0 aliphatic carbocycles. The number of aryl methyl sites for hydroxylation is 1. The van der Waals surface area contributed by atoms with Gasteiger partial charge in [0.15, 0.2) is 23.5 Å². The molecule has 0 aromatic heterocycles. The summed E-state index contributed by atoms with van der Waals surface area (Å²) in [6.07, 6.45) is 8.34. The number of anilines is 1. The molecule has 22 heteroatoms. The van der Waals surface area contributed by atoms with E-state index in [2.05, 4.69) is 15.6 Å². The number of aliphatic hydroxyl groups is 1. The summed E-state index contributed by atoms with van der Waals surface area (Å²) in [6.45, 7) is 11.7. The van der Waals surface area contributed by atoms with Crippen LogP contribution in [0.4, 0.5) is 16.2 Å². The van der Waals surface area contributed by atoms with E-state index in [4.69, 9.17) is 23.7 Å². The number of unbranched alkanes of at least 4 members (excludes halogenated alkanes) is 2. The molecule has 8 rings (SSSR count). The summed E-state index contributed by atoms with van der Waals surface area (Å²) in [6, 6.07) is 11.7. The Labute approximate surface area is 494 Å². The van der Waals surface area contributed by atoms with Gasteiger partial charge in [-0.15, -0.1) is 0 Å². The number of benzene rings is 3. The Balaban J connectivity index is 0.788. The smallest absolute Gasteiger partial charge is 0.416 e. The van der Waals surface area contributed by atoms with Crippen LogP contribution in [0.25, 0.3) is 0 Å². The minimum atomic E-state index is -1.47. The zero-order valence-corrected chi connectivity index (χ0v) is 49.2. The molecule has 5 atom stereocenters. The number of Topliss-reactive ketones (excluding diaryl/α,β-unsaturated/α-hetero) is 2. The fourth-order valence-corrected chi connectivity index (χ4v) is 10.6. The van der Waals surface area contributed by atoms with Crippen LogP contribution < -0.4 is 29.7 Å². The fraction of sp³-hybridized carbons (Fsp3) is 0.460. The van der Waals surface area contributed by atoms with Crippen LogP contribution in [-0.4, -0.2) is 150 Å². The van der Waals surface area contributed by atoms with Crippen molar-refractivity contribution in [2.45, 2.75) is 130 Å². The molecule has 0 radical (unpaired) electrons. The van der Waals surface area contributed by atoms with Crippen molar-refractivity contribution in [3.05, 3.63) is 112 Å². The van der Waals surface area contributed by atoms with Crippen molar-refractivity contribution in [3.63, 3.8) is 0 Å². The molecule has 3 aromatic carbocycles. The molecule has 0 bridgehead atoms. The highest BCUT2D eigenvalue weighted by molar-refractivity contribution is 6.13. The zero-order chi connectivity index (χ0) is 61.1. The predicted octanol–water partition coefficient (Wildman–Crippen LogP) is 6.75. The summed E-state index contributed by atoms with van der Waals surface area (Å²) in [5, 5.41) is 17.3. The van der Waals surface area contributed by atoms with Crippen LogP contribution >= 0.6 is 0 Å². The molecule has 0 spiro atoms. The predicted molar refractivity (Wildman–Crippen MR) is 312 cm³/mol. The number of hydrogen-bond acceptors (Lipinski definition) is 16. The Kier molecular flexibility index (Phi) is 20.9. The molecule has 5 aliphatic rings. The Hall–Kier alpha value is -8.50. The highest BCUT2D eigenvalue weighted by atomic mass is 16.6. The summed E-state index contributed by atoms with van der Waals surface area (Å²) in [5.41, 5.74) is 5.15. The maximum atomic E-state index is 14.2. The highest BCUT2D eigenvalue weighted by Gasteiger charge is 2.45. The van der Waals surface area contributed by atoms with Gasteiger partial charge in [-0.3, -0.25) is 48.2 Å². The molecule has 85 heavy (non-hydrogen) atoms. The number of rotatable bonds is 28. The largest absolute Gasteiger partial charge is 0.493 e. The van der Waals surface area contributed by atoms with Gasteiger partial charge in [0.2, 0.25) is 11.8 Å². The molecule has 0 saturated heterocycles. The Bertz CT molecular complexity index is 3190. The second-order valence-electron chi connectivity index (χ2n) is 22.4. The third-order valence-electron chi connectivity index (χ3n) is 15.5. The van der Waals surface area contributed by atoms with E-state index in [1.54, 1.807) is 72.8 Å². The van der Waals surface area contributed by atoms with Gasteiger partial charge < -0.3 is 49.2 Å². The van der Waals surface area contributed by atoms with Gasteiger partial charge in [0.25, 0.3) is 23.6 Å². The molecule has 3 aromatic rings. The summed E-state index contributed by atoms with van der Waals surface area (Å²) < 4.78 is 29.3. The Morgan fingerprint density at radius 3 is 2.13 bits per heavy atom. The number of imide groups is 1. The quantitative estimate of drug-likeness (QED) is 0.0502. The van der Waals surface area contributed by atoms with Crippen LogP contribution in [-0.2, 0) is 51.3 Å². The van der Waals surface area contributed by atoms with E-state index in [1.807, 2.05) is 40.8 Å². The third kappa shape index (κ3) is 15.4. The average Bonchev–Trinajstić information content (AvgIpc) is 4.34. The highest BCUT2D eigenvalue weighted by Crippen LogP contribution is 2.41. The van der Waals surface area contributed by atoms with Gasteiger partial charge in [-0.05, 0) is 94.5 Å². The van der Waals surface area contributed by atoms with Gasteiger partial charge in [0.05, 0.1) is 74.2 Å². The van der Waals surface area contributed by atoms with Crippen LogP contribution in [0.3, 0.4) is 0 Å². The minimum absolute atomic E-state index is 0.0155. The van der Waals surface area contributed by atoms with Crippen LogP contribution in [0.5, 0.6) is 17.2 Å². The van der Waals surface area contributed by atoms with Crippen molar-refractivity contribution in [1.82, 2.24) is 25.3 Å². The van der Waals surface area contributed by atoms with Crippen molar-refractivity contribution in [2.24, 2.45) is 16.8 Å². The number of aliphatic hydroxyl groups excluding tert-OH is 1. The number of hydrogen-bond donors (Lipinski definition) is 3. The van der Waals surface area contributed by atoms with E-state index in [-0.39, 0.29) is 111 Å². The molecular formula is C63H75N7O15. The number of carbonyl (C=O) groups excluding carboxylic acids is 9. The van der Waals surface area contributed by atoms with Crippen molar-refractivity contribution in [2.75, 3.05) is 51.5 Å². The second kappa shape index (κ2) is 28.4. The number of ketones is 2. The monoisotopic (exact) mass is 1170 g/mol. The zero-order valence-electron chi connectivity index (χ0n) is 49.2. The Morgan fingerprint density at radius 1 is 0.753 bits per heavy atom. The molecule has 5 heterocycles. The number of nitrogens with one attached hydrogen (secondary N) is 2. The molecular weight excluding hydrogens is 1090 g/mol. The standard InChI is InChI=1S/C63H75N7O15/c1-37(2)46(29-45(71)18-23-82-24-19-64-56(73)17-20-67-57(74)15-16-58(67)75)59(76)66-41(6)52(72)28-42-11-13-43(14-12-42)36-85-63(80)70-50-32-53(40(5)27-48(50)61(78)69-35-39(4)26-51(69)62(70)79)83-21-9-8-10-22-84-55-31-49-47(30-54(55)81-7)60(77)68-34-38(3)25-44(68)33-65-49/h11-16,27,30-35,37,41,44,46,51,62,79H,8-10,17-26,28-29,36H2,1-7H3,(H,64,73)(H,66,76)/t41-,44-,46-,51-,62?/m0/s1. The van der Waals surface area contributed by atoms with Crippen LogP contribution in [0.2, 0.25) is 0 Å². The number of methoxy groups -OCH3 is 1. The number of carbonyl (C=O) groups is 9. The summed E-state index contributed by atoms with van der Waals surface area (Å²) in [7, 11) is 1.53. The molecule has 22 nitrogen and oxygen atoms in total. The molecule has 3 N–H and O–H groups in total. The van der Waals surface area contributed by atoms with Crippen molar-refractivity contribution in [1.29, 1.82) is 0 Å². The molecule has 7 amide bonds. The Morgan fingerprint density at radius 2 is 1.42 bits per heavy atom. The number of ether oxygens (including phenoxy) is 5. The first kappa shape index (κ1) is 62.5. The van der Waals surface area contributed by atoms with Gasteiger partial charge in [0.1, 0.15) is 18.1 Å². The van der Waals surface area contributed by atoms with Gasteiger partial charge >= 0.3 is 6.09 Å².